The zero-order valence-electron chi connectivity index (χ0n) is 14.8. The van der Waals surface area contributed by atoms with Crippen LogP contribution in [0.2, 0.25) is 0 Å². The van der Waals surface area contributed by atoms with Crippen LogP contribution in [0, 0.1) is 12.8 Å². The van der Waals surface area contributed by atoms with Crippen molar-refractivity contribution in [2.75, 3.05) is 6.54 Å². The first-order valence-corrected chi connectivity index (χ1v) is 9.81. The van der Waals surface area contributed by atoms with Crippen LogP contribution in [-0.4, -0.2) is 37.9 Å². The summed E-state index contributed by atoms with van der Waals surface area (Å²) in [5, 5.41) is 15.4. The van der Waals surface area contributed by atoms with Crippen molar-refractivity contribution >= 4 is 17.7 Å². The highest BCUT2D eigenvalue weighted by molar-refractivity contribution is 8.00. The second-order valence-corrected chi connectivity index (χ2v) is 8.03. The summed E-state index contributed by atoms with van der Waals surface area (Å²) >= 11 is 1.39. The molecule has 1 aliphatic rings. The molecule has 1 aromatic heterocycles. The quantitative estimate of drug-likeness (QED) is 0.802. The van der Waals surface area contributed by atoms with Crippen LogP contribution in [0.1, 0.15) is 44.6 Å². The van der Waals surface area contributed by atoms with Gasteiger partial charge in [0.1, 0.15) is 0 Å². The minimum Gasteiger partial charge on any atom is -0.355 e. The molecule has 1 fully saturated rings. The van der Waals surface area contributed by atoms with Gasteiger partial charge in [-0.1, -0.05) is 48.7 Å². The summed E-state index contributed by atoms with van der Waals surface area (Å²) in [4.78, 5) is 12.4. The molecule has 7 heteroatoms. The number of hydrogen-bond acceptors (Lipinski definition) is 5. The molecule has 1 amide bonds. The van der Waals surface area contributed by atoms with Crippen molar-refractivity contribution in [1.29, 1.82) is 0 Å². The molecule has 1 heterocycles. The average molecular weight is 359 g/mol. The van der Waals surface area contributed by atoms with Crippen molar-refractivity contribution in [2.24, 2.45) is 5.92 Å². The standard InChI is InChI=1S/C18H25N5OS/c1-13-8-10-16(11-9-13)23-18(20-21-22-23)25-14(2)17(24)19-12-15-6-4-3-5-7-15/h8-11,14-15H,3-7,12H2,1-2H3,(H,19,24). The molecule has 1 N–H and O–H groups in total. The average Bonchev–Trinajstić information content (AvgIpc) is 3.09. The third kappa shape index (κ3) is 4.81. The fraction of sp³-hybridized carbons (Fsp3) is 0.556. The number of nitrogens with zero attached hydrogens (tertiary/aromatic N) is 4. The maximum absolute atomic E-state index is 12.4. The lowest BCUT2D eigenvalue weighted by atomic mass is 9.89. The number of hydrogen-bond donors (Lipinski definition) is 1. The third-order valence-corrected chi connectivity index (χ3v) is 5.69. The largest absolute Gasteiger partial charge is 0.355 e. The highest BCUT2D eigenvalue weighted by Gasteiger charge is 2.21. The Kier molecular flexibility index (Phi) is 6.07. The van der Waals surface area contributed by atoms with Gasteiger partial charge in [-0.05, 0) is 55.2 Å². The molecule has 2 aromatic rings. The van der Waals surface area contributed by atoms with Crippen molar-refractivity contribution < 1.29 is 4.79 Å². The Balaban J connectivity index is 1.57. The number of carbonyl (C=O) groups excluding carboxylic acids is 1. The summed E-state index contributed by atoms with van der Waals surface area (Å²) in [5.41, 5.74) is 2.08. The van der Waals surface area contributed by atoms with Crippen molar-refractivity contribution in [3.63, 3.8) is 0 Å². The van der Waals surface area contributed by atoms with E-state index in [1.165, 1.54) is 49.4 Å². The summed E-state index contributed by atoms with van der Waals surface area (Å²) in [6.45, 7) is 4.72. The van der Waals surface area contributed by atoms with Gasteiger partial charge in [-0.25, -0.2) is 0 Å². The predicted molar refractivity (Wildman–Crippen MR) is 98.8 cm³/mol. The Hall–Kier alpha value is -1.89. The van der Waals surface area contributed by atoms with Gasteiger partial charge >= 0.3 is 0 Å². The first-order valence-electron chi connectivity index (χ1n) is 8.93. The minimum atomic E-state index is -0.237. The number of amides is 1. The molecule has 3 rings (SSSR count). The molecular formula is C18H25N5OS. The van der Waals surface area contributed by atoms with Gasteiger partial charge in [0.15, 0.2) is 0 Å². The van der Waals surface area contributed by atoms with E-state index in [1.54, 1.807) is 4.68 Å². The van der Waals surface area contributed by atoms with Gasteiger partial charge < -0.3 is 5.32 Å². The summed E-state index contributed by atoms with van der Waals surface area (Å²) in [6.07, 6.45) is 6.37. The molecule has 1 aromatic carbocycles. The van der Waals surface area contributed by atoms with E-state index in [1.807, 2.05) is 38.1 Å². The van der Waals surface area contributed by atoms with Crippen LogP contribution in [0.15, 0.2) is 29.4 Å². The molecule has 6 nitrogen and oxygen atoms in total. The van der Waals surface area contributed by atoms with Gasteiger partial charge in [0.25, 0.3) is 0 Å². The highest BCUT2D eigenvalue weighted by Crippen LogP contribution is 2.25. The molecule has 134 valence electrons. The Morgan fingerprint density at radius 3 is 2.72 bits per heavy atom. The van der Waals surface area contributed by atoms with Gasteiger partial charge in [-0.3, -0.25) is 4.79 Å². The van der Waals surface area contributed by atoms with Crippen LogP contribution < -0.4 is 5.32 Å². The summed E-state index contributed by atoms with van der Waals surface area (Å²) in [7, 11) is 0. The molecular weight excluding hydrogens is 334 g/mol. The van der Waals surface area contributed by atoms with Gasteiger partial charge in [0, 0.05) is 6.54 Å². The summed E-state index contributed by atoms with van der Waals surface area (Å²) in [6, 6.07) is 7.99. The molecule has 1 atom stereocenters. The molecule has 0 saturated heterocycles. The zero-order valence-corrected chi connectivity index (χ0v) is 15.6. The lowest BCUT2D eigenvalue weighted by molar-refractivity contribution is -0.120. The predicted octanol–water partition coefficient (Wildman–Crippen LogP) is 3.15. The fourth-order valence-electron chi connectivity index (χ4n) is 3.09. The minimum absolute atomic E-state index is 0.0500. The first kappa shape index (κ1) is 17.9. The van der Waals surface area contributed by atoms with Crippen LogP contribution in [0.25, 0.3) is 5.69 Å². The molecule has 0 aliphatic heterocycles. The Morgan fingerprint density at radius 2 is 2.00 bits per heavy atom. The molecule has 1 saturated carbocycles. The van der Waals surface area contributed by atoms with E-state index in [9.17, 15) is 4.79 Å². The number of aryl methyl sites for hydroxylation is 1. The maximum atomic E-state index is 12.4. The van der Waals surface area contributed by atoms with Gasteiger partial charge in [-0.15, -0.1) is 5.10 Å². The van der Waals surface area contributed by atoms with E-state index in [0.717, 1.165) is 12.2 Å². The van der Waals surface area contributed by atoms with Crippen molar-refractivity contribution in [1.82, 2.24) is 25.5 Å². The Morgan fingerprint density at radius 1 is 1.28 bits per heavy atom. The number of tetrazole rings is 1. The molecule has 25 heavy (non-hydrogen) atoms. The molecule has 1 aliphatic carbocycles. The van der Waals surface area contributed by atoms with E-state index < -0.39 is 0 Å². The fourth-order valence-corrected chi connectivity index (χ4v) is 3.92. The van der Waals surface area contributed by atoms with Gasteiger partial charge in [0.2, 0.25) is 11.1 Å². The lowest BCUT2D eigenvalue weighted by Crippen LogP contribution is -2.35. The van der Waals surface area contributed by atoms with Crippen LogP contribution in [0.4, 0.5) is 0 Å². The van der Waals surface area contributed by atoms with Crippen LogP contribution >= 0.6 is 11.8 Å². The van der Waals surface area contributed by atoms with E-state index in [4.69, 9.17) is 0 Å². The second kappa shape index (κ2) is 8.47. The molecule has 0 radical (unpaired) electrons. The zero-order chi connectivity index (χ0) is 17.6. The number of thioether (sulfide) groups is 1. The molecule has 0 bridgehead atoms. The number of aromatic nitrogens is 4. The van der Waals surface area contributed by atoms with E-state index >= 15 is 0 Å². The molecule has 0 spiro atoms. The van der Waals surface area contributed by atoms with E-state index in [-0.39, 0.29) is 11.2 Å². The normalized spacial score (nSPS) is 16.6. The molecule has 1 unspecified atom stereocenters. The van der Waals surface area contributed by atoms with E-state index in [2.05, 4.69) is 20.8 Å². The Bertz CT molecular complexity index is 694. The SMILES string of the molecule is Cc1ccc(-n2nnnc2SC(C)C(=O)NCC2CCCCC2)cc1. The van der Waals surface area contributed by atoms with Crippen molar-refractivity contribution in [2.45, 2.75) is 56.4 Å². The Labute approximate surface area is 152 Å². The number of benzene rings is 1. The second-order valence-electron chi connectivity index (χ2n) is 6.72. The number of carbonyl (C=O) groups is 1. The topological polar surface area (TPSA) is 72.7 Å². The summed E-state index contributed by atoms with van der Waals surface area (Å²) < 4.78 is 1.68. The number of nitrogens with one attached hydrogen (secondary N) is 1. The highest BCUT2D eigenvalue weighted by atomic mass is 32.2. The monoisotopic (exact) mass is 359 g/mol. The summed E-state index contributed by atoms with van der Waals surface area (Å²) in [5.74, 6) is 0.682. The maximum Gasteiger partial charge on any atom is 0.233 e. The first-order chi connectivity index (χ1) is 12.1. The third-order valence-electron chi connectivity index (χ3n) is 4.66. The van der Waals surface area contributed by atoms with Crippen LogP contribution in [0.5, 0.6) is 0 Å². The van der Waals surface area contributed by atoms with Gasteiger partial charge in [-0.2, -0.15) is 4.68 Å². The lowest BCUT2D eigenvalue weighted by Gasteiger charge is -2.22. The van der Waals surface area contributed by atoms with Crippen molar-refractivity contribution in [3.8, 4) is 5.69 Å². The van der Waals surface area contributed by atoms with Crippen LogP contribution in [-0.2, 0) is 4.79 Å². The number of rotatable bonds is 6. The van der Waals surface area contributed by atoms with Crippen molar-refractivity contribution in [3.05, 3.63) is 29.8 Å². The van der Waals surface area contributed by atoms with Gasteiger partial charge in [0.05, 0.1) is 10.9 Å². The van der Waals surface area contributed by atoms with E-state index in [0.29, 0.717) is 11.1 Å². The smallest absolute Gasteiger partial charge is 0.233 e. The van der Waals surface area contributed by atoms with Crippen LogP contribution in [0.3, 0.4) is 0 Å².